The molecule has 3 rings (SSSR count). The number of imide groups is 1. The molecule has 0 saturated carbocycles. The summed E-state index contributed by atoms with van der Waals surface area (Å²) in [6.07, 6.45) is 0. The molecule has 0 unspecified atom stereocenters. The van der Waals surface area contributed by atoms with Crippen molar-refractivity contribution in [3.63, 3.8) is 0 Å². The molecule has 1 heterocycles. The highest BCUT2D eigenvalue weighted by Gasteiger charge is 2.37. The molecule has 0 aromatic heterocycles. The van der Waals surface area contributed by atoms with Crippen molar-refractivity contribution in [3.8, 4) is 0 Å². The van der Waals surface area contributed by atoms with Crippen molar-refractivity contribution in [2.75, 3.05) is 4.90 Å². The number of carboxylic acid groups (broad SMARTS) is 2. The van der Waals surface area contributed by atoms with Crippen LogP contribution in [-0.4, -0.2) is 23.8 Å². The van der Waals surface area contributed by atoms with Crippen LogP contribution in [0.4, 0.5) is 5.69 Å². The zero-order valence-electron chi connectivity index (χ0n) is 12.4. The van der Waals surface area contributed by atoms with Crippen molar-refractivity contribution in [1.82, 2.24) is 0 Å². The van der Waals surface area contributed by atoms with Crippen LogP contribution in [0.3, 0.4) is 0 Å². The minimum Gasteiger partial charge on any atom is -0.545 e. The van der Waals surface area contributed by atoms with E-state index in [-0.39, 0.29) is 27.9 Å². The third kappa shape index (κ3) is 2.23. The molecule has 0 saturated heterocycles. The Kier molecular flexibility index (Phi) is 3.41. The number of hydrogen-bond acceptors (Lipinski definition) is 6. The van der Waals surface area contributed by atoms with Crippen LogP contribution < -0.4 is 15.1 Å². The van der Waals surface area contributed by atoms with Gasteiger partial charge in [0.25, 0.3) is 11.8 Å². The van der Waals surface area contributed by atoms with Crippen LogP contribution in [0.15, 0.2) is 36.4 Å². The van der Waals surface area contributed by atoms with Crippen molar-refractivity contribution >= 4 is 29.4 Å². The Morgan fingerprint density at radius 1 is 0.833 bits per heavy atom. The fraction of sp³-hybridized carbons (Fsp3) is 0.0588. The molecule has 2 aromatic rings. The lowest BCUT2D eigenvalue weighted by Gasteiger charge is -2.18. The maximum absolute atomic E-state index is 12.5. The van der Waals surface area contributed by atoms with E-state index in [2.05, 4.69) is 0 Å². The number of aryl methyl sites for hydroxylation is 1. The van der Waals surface area contributed by atoms with Gasteiger partial charge in [-0.3, -0.25) is 9.59 Å². The van der Waals surface area contributed by atoms with Gasteiger partial charge < -0.3 is 19.8 Å². The zero-order valence-corrected chi connectivity index (χ0v) is 12.4. The Morgan fingerprint density at radius 2 is 1.38 bits per heavy atom. The van der Waals surface area contributed by atoms with Gasteiger partial charge >= 0.3 is 0 Å². The molecule has 0 aliphatic carbocycles. The van der Waals surface area contributed by atoms with Gasteiger partial charge in [0.1, 0.15) is 0 Å². The molecule has 1 aliphatic rings. The summed E-state index contributed by atoms with van der Waals surface area (Å²) >= 11 is 0. The molecule has 2 aromatic carbocycles. The molecule has 120 valence electrons. The summed E-state index contributed by atoms with van der Waals surface area (Å²) < 4.78 is 0. The molecule has 7 nitrogen and oxygen atoms in total. The summed E-state index contributed by atoms with van der Waals surface area (Å²) in [5.41, 5.74) is 0.190. The molecule has 0 fully saturated rings. The molecule has 2 amide bonds. The number of hydrogen-bond donors (Lipinski definition) is 0. The van der Waals surface area contributed by atoms with E-state index in [1.54, 1.807) is 6.92 Å². The molecular weight excluding hydrogens is 314 g/mol. The summed E-state index contributed by atoms with van der Waals surface area (Å²) in [6, 6.07) is 7.41. The molecule has 1 aliphatic heterocycles. The Balaban J connectivity index is 2.13. The van der Waals surface area contributed by atoms with E-state index in [0.29, 0.717) is 5.56 Å². The maximum atomic E-state index is 12.5. The van der Waals surface area contributed by atoms with E-state index in [0.717, 1.165) is 11.0 Å². The minimum absolute atomic E-state index is 0.0447. The second-order valence-corrected chi connectivity index (χ2v) is 5.28. The number of carboxylic acids is 2. The van der Waals surface area contributed by atoms with Crippen molar-refractivity contribution in [1.29, 1.82) is 0 Å². The normalized spacial score (nSPS) is 13.1. The average Bonchev–Trinajstić information content (AvgIpc) is 2.79. The van der Waals surface area contributed by atoms with Gasteiger partial charge in [0.05, 0.1) is 28.8 Å². The van der Waals surface area contributed by atoms with Crippen molar-refractivity contribution in [3.05, 3.63) is 64.2 Å². The highest BCUT2D eigenvalue weighted by atomic mass is 16.4. The van der Waals surface area contributed by atoms with Gasteiger partial charge in [0.15, 0.2) is 0 Å². The van der Waals surface area contributed by atoms with Crippen LogP contribution in [0.2, 0.25) is 0 Å². The molecule has 0 N–H and O–H groups in total. The molecular formula is C17H9NO6-2. The number of rotatable bonds is 3. The highest BCUT2D eigenvalue weighted by Crippen LogP contribution is 2.31. The summed E-state index contributed by atoms with van der Waals surface area (Å²) in [6.45, 7) is 1.62. The topological polar surface area (TPSA) is 118 Å². The van der Waals surface area contributed by atoms with E-state index < -0.39 is 23.8 Å². The van der Waals surface area contributed by atoms with Gasteiger partial charge in [-0.2, -0.15) is 0 Å². The van der Waals surface area contributed by atoms with Gasteiger partial charge in [-0.25, -0.2) is 4.90 Å². The Morgan fingerprint density at radius 3 is 2.00 bits per heavy atom. The lowest BCUT2D eigenvalue weighted by Crippen LogP contribution is -2.31. The fourth-order valence-corrected chi connectivity index (χ4v) is 2.56. The number of fused-ring (bicyclic) bond motifs is 1. The minimum atomic E-state index is -1.47. The second kappa shape index (κ2) is 5.31. The van der Waals surface area contributed by atoms with E-state index in [9.17, 15) is 29.4 Å². The fourth-order valence-electron chi connectivity index (χ4n) is 2.56. The first-order valence-corrected chi connectivity index (χ1v) is 6.87. The largest absolute Gasteiger partial charge is 0.545 e. The molecule has 7 heteroatoms. The molecule has 0 atom stereocenters. The first-order valence-electron chi connectivity index (χ1n) is 6.87. The first-order chi connectivity index (χ1) is 11.3. The predicted octanol–water partition coefficient (Wildman–Crippen LogP) is -0.477. The Labute approximate surface area is 135 Å². The Hall–Kier alpha value is -3.48. The van der Waals surface area contributed by atoms with Crippen LogP contribution in [0.5, 0.6) is 0 Å². The molecule has 0 spiro atoms. The third-order valence-corrected chi connectivity index (χ3v) is 3.81. The number of aromatic carboxylic acids is 2. The number of amides is 2. The van der Waals surface area contributed by atoms with Crippen LogP contribution in [0.1, 0.15) is 47.0 Å². The van der Waals surface area contributed by atoms with Crippen LogP contribution in [0, 0.1) is 6.92 Å². The number of nitrogens with zero attached hydrogens (tertiary/aromatic N) is 1. The van der Waals surface area contributed by atoms with Crippen molar-refractivity contribution in [2.24, 2.45) is 0 Å². The zero-order chi connectivity index (χ0) is 17.6. The van der Waals surface area contributed by atoms with E-state index in [1.165, 1.54) is 30.3 Å². The van der Waals surface area contributed by atoms with Crippen molar-refractivity contribution in [2.45, 2.75) is 6.92 Å². The number of carbonyl (C=O) groups is 4. The van der Waals surface area contributed by atoms with Gasteiger partial charge in [0.2, 0.25) is 0 Å². The second-order valence-electron chi connectivity index (χ2n) is 5.28. The SMILES string of the molecule is Cc1ccc(C(=O)[O-])cc1N1C(=O)c2ccc(C(=O)[O-])cc2C1=O. The van der Waals surface area contributed by atoms with E-state index >= 15 is 0 Å². The highest BCUT2D eigenvalue weighted by molar-refractivity contribution is 6.35. The predicted molar refractivity (Wildman–Crippen MR) is 77.4 cm³/mol. The van der Waals surface area contributed by atoms with Gasteiger partial charge in [-0.1, -0.05) is 18.2 Å². The lowest BCUT2D eigenvalue weighted by molar-refractivity contribution is -0.256. The van der Waals surface area contributed by atoms with E-state index in [4.69, 9.17) is 0 Å². The maximum Gasteiger partial charge on any atom is 0.266 e. The summed E-state index contributed by atoms with van der Waals surface area (Å²) in [7, 11) is 0. The quantitative estimate of drug-likeness (QED) is 0.704. The standard InChI is InChI=1S/C17H11NO6/c1-8-2-3-10(17(23)24)7-13(8)18-14(19)11-5-4-9(16(21)22)6-12(11)15(18)20/h2-7H,1H3,(H,21,22)(H,23,24)/p-2. The lowest BCUT2D eigenvalue weighted by atomic mass is 10.1. The number of carbonyl (C=O) groups excluding carboxylic acids is 4. The van der Waals surface area contributed by atoms with E-state index in [1.807, 2.05) is 0 Å². The van der Waals surface area contributed by atoms with Gasteiger partial charge in [-0.05, 0) is 41.8 Å². The smallest absolute Gasteiger partial charge is 0.266 e. The van der Waals surface area contributed by atoms with Gasteiger partial charge in [0, 0.05) is 0 Å². The van der Waals surface area contributed by atoms with Crippen LogP contribution in [0.25, 0.3) is 0 Å². The summed E-state index contributed by atoms with van der Waals surface area (Å²) in [5, 5.41) is 21.9. The molecule has 0 radical (unpaired) electrons. The molecule has 24 heavy (non-hydrogen) atoms. The third-order valence-electron chi connectivity index (χ3n) is 3.81. The van der Waals surface area contributed by atoms with Crippen molar-refractivity contribution < 1.29 is 29.4 Å². The number of benzene rings is 2. The molecule has 0 bridgehead atoms. The summed E-state index contributed by atoms with van der Waals surface area (Å²) in [5.74, 6) is -4.28. The Bertz CT molecular complexity index is 931. The van der Waals surface area contributed by atoms with Crippen LogP contribution >= 0.6 is 0 Å². The number of anilines is 1. The van der Waals surface area contributed by atoms with Crippen LogP contribution in [-0.2, 0) is 0 Å². The summed E-state index contributed by atoms with van der Waals surface area (Å²) in [4.78, 5) is 47.8. The van der Waals surface area contributed by atoms with Gasteiger partial charge in [-0.15, -0.1) is 0 Å². The first kappa shape index (κ1) is 15.4. The average molecular weight is 323 g/mol. The monoisotopic (exact) mass is 323 g/mol.